The van der Waals surface area contributed by atoms with Gasteiger partial charge in [0.1, 0.15) is 0 Å². The molecule has 2 aromatic rings. The van der Waals surface area contributed by atoms with Gasteiger partial charge in [-0.15, -0.1) is 0 Å². The summed E-state index contributed by atoms with van der Waals surface area (Å²) in [4.78, 5) is 2.54. The average molecular weight is 403 g/mol. The second-order valence-corrected chi connectivity index (χ2v) is 7.60. The van der Waals surface area contributed by atoms with Gasteiger partial charge in [0.15, 0.2) is 11.5 Å². The molecule has 0 atom stereocenters. The monoisotopic (exact) mass is 402 g/mol. The molecule has 5 heteroatoms. The van der Waals surface area contributed by atoms with Crippen LogP contribution < -0.4 is 14.8 Å². The maximum Gasteiger partial charge on any atom is 0.179 e. The Bertz CT molecular complexity index is 731. The fraction of sp³-hybridized carbons (Fsp3) is 0.478. The standard InChI is InChI=1S/C23H31ClN2O2/c1-3-27-22-15-19(14-21(24)23(22)28-4-2)16-25-20-10-12-26(13-11-20)17-18-8-6-5-7-9-18/h5-9,14-15,20,25H,3-4,10-13,16-17H2,1-2H3. The third-order valence-corrected chi connectivity index (χ3v) is 5.37. The van der Waals surface area contributed by atoms with Crippen molar-refractivity contribution in [1.29, 1.82) is 0 Å². The van der Waals surface area contributed by atoms with E-state index in [0.29, 0.717) is 30.0 Å². The Hall–Kier alpha value is -1.75. The second-order valence-electron chi connectivity index (χ2n) is 7.19. The second kappa shape index (κ2) is 10.7. The summed E-state index contributed by atoms with van der Waals surface area (Å²) in [7, 11) is 0. The Morgan fingerprint density at radius 3 is 2.39 bits per heavy atom. The van der Waals surface area contributed by atoms with Gasteiger partial charge in [-0.3, -0.25) is 4.90 Å². The van der Waals surface area contributed by atoms with Gasteiger partial charge in [0.2, 0.25) is 0 Å². The lowest BCUT2D eigenvalue weighted by Crippen LogP contribution is -2.41. The lowest BCUT2D eigenvalue weighted by atomic mass is 10.0. The van der Waals surface area contributed by atoms with Crippen molar-refractivity contribution >= 4 is 11.6 Å². The summed E-state index contributed by atoms with van der Waals surface area (Å²) in [5.41, 5.74) is 2.52. The van der Waals surface area contributed by atoms with Crippen LogP contribution in [0.3, 0.4) is 0 Å². The number of hydrogen-bond acceptors (Lipinski definition) is 4. The van der Waals surface area contributed by atoms with E-state index in [9.17, 15) is 0 Å². The van der Waals surface area contributed by atoms with Gasteiger partial charge in [-0.2, -0.15) is 0 Å². The lowest BCUT2D eigenvalue weighted by molar-refractivity contribution is 0.190. The Labute approximate surface area is 173 Å². The first-order valence-electron chi connectivity index (χ1n) is 10.3. The van der Waals surface area contributed by atoms with Crippen molar-refractivity contribution in [3.63, 3.8) is 0 Å². The Morgan fingerprint density at radius 1 is 1.00 bits per heavy atom. The third-order valence-electron chi connectivity index (χ3n) is 5.09. The van der Waals surface area contributed by atoms with E-state index in [1.165, 1.54) is 5.56 Å². The molecule has 152 valence electrons. The summed E-state index contributed by atoms with van der Waals surface area (Å²) in [5.74, 6) is 1.37. The van der Waals surface area contributed by atoms with Gasteiger partial charge >= 0.3 is 0 Å². The number of nitrogens with one attached hydrogen (secondary N) is 1. The van der Waals surface area contributed by atoms with E-state index in [1.807, 2.05) is 26.0 Å². The first kappa shape index (κ1) is 21.0. The number of hydrogen-bond donors (Lipinski definition) is 1. The van der Waals surface area contributed by atoms with Crippen LogP contribution in [0.15, 0.2) is 42.5 Å². The van der Waals surface area contributed by atoms with Crippen LogP contribution >= 0.6 is 11.6 Å². The quantitative estimate of drug-likeness (QED) is 0.647. The molecule has 0 amide bonds. The fourth-order valence-corrected chi connectivity index (χ4v) is 3.96. The molecule has 0 unspecified atom stereocenters. The molecule has 0 saturated carbocycles. The maximum absolute atomic E-state index is 6.43. The van der Waals surface area contributed by atoms with Crippen molar-refractivity contribution in [2.24, 2.45) is 0 Å². The molecular formula is C23H31ClN2O2. The van der Waals surface area contributed by atoms with Crippen molar-refractivity contribution in [3.05, 3.63) is 58.6 Å². The largest absolute Gasteiger partial charge is 0.490 e. The van der Waals surface area contributed by atoms with Crippen LogP contribution in [0.1, 0.15) is 37.8 Å². The molecule has 0 radical (unpaired) electrons. The van der Waals surface area contributed by atoms with Gasteiger partial charge in [0.05, 0.1) is 18.2 Å². The molecule has 1 saturated heterocycles. The average Bonchev–Trinajstić information content (AvgIpc) is 2.71. The Kier molecular flexibility index (Phi) is 8.01. The predicted octanol–water partition coefficient (Wildman–Crippen LogP) is 4.89. The zero-order chi connectivity index (χ0) is 19.8. The number of halogens is 1. The van der Waals surface area contributed by atoms with Crippen molar-refractivity contribution < 1.29 is 9.47 Å². The van der Waals surface area contributed by atoms with Crippen LogP contribution in [0.25, 0.3) is 0 Å². The van der Waals surface area contributed by atoms with E-state index in [1.54, 1.807) is 0 Å². The van der Waals surface area contributed by atoms with E-state index >= 15 is 0 Å². The normalized spacial score (nSPS) is 15.5. The summed E-state index contributed by atoms with van der Waals surface area (Å²) < 4.78 is 11.4. The summed E-state index contributed by atoms with van der Waals surface area (Å²) in [6, 6.07) is 15.3. The molecule has 0 aliphatic carbocycles. The summed E-state index contributed by atoms with van der Waals surface area (Å²) in [5, 5.41) is 4.30. The minimum absolute atomic E-state index is 0.535. The zero-order valence-corrected chi connectivity index (χ0v) is 17.7. The van der Waals surface area contributed by atoms with Crippen LogP contribution in [-0.2, 0) is 13.1 Å². The number of rotatable bonds is 9. The number of nitrogens with zero attached hydrogens (tertiary/aromatic N) is 1. The van der Waals surface area contributed by atoms with E-state index in [-0.39, 0.29) is 0 Å². The molecule has 1 N–H and O–H groups in total. The molecule has 28 heavy (non-hydrogen) atoms. The number of benzene rings is 2. The molecule has 1 aliphatic rings. The highest BCUT2D eigenvalue weighted by Gasteiger charge is 2.19. The zero-order valence-electron chi connectivity index (χ0n) is 16.9. The minimum atomic E-state index is 0.535. The number of likely N-dealkylation sites (tertiary alicyclic amines) is 1. The van der Waals surface area contributed by atoms with Gasteiger partial charge in [-0.05, 0) is 63.0 Å². The highest BCUT2D eigenvalue weighted by molar-refractivity contribution is 6.32. The Morgan fingerprint density at radius 2 is 1.71 bits per heavy atom. The van der Waals surface area contributed by atoms with E-state index in [0.717, 1.165) is 50.3 Å². The third kappa shape index (κ3) is 5.87. The van der Waals surface area contributed by atoms with Crippen molar-refractivity contribution in [1.82, 2.24) is 10.2 Å². The van der Waals surface area contributed by atoms with Crippen molar-refractivity contribution in [2.45, 2.75) is 45.8 Å². The van der Waals surface area contributed by atoms with Crippen LogP contribution in [0.2, 0.25) is 5.02 Å². The summed E-state index contributed by atoms with van der Waals surface area (Å²) in [6.07, 6.45) is 2.33. The van der Waals surface area contributed by atoms with Gasteiger partial charge in [-0.25, -0.2) is 0 Å². The van der Waals surface area contributed by atoms with Crippen molar-refractivity contribution in [3.8, 4) is 11.5 Å². The van der Waals surface area contributed by atoms with Gasteiger partial charge in [0, 0.05) is 19.1 Å². The molecule has 2 aromatic carbocycles. The SMILES string of the molecule is CCOc1cc(CNC2CCN(Cc3ccccc3)CC2)cc(Cl)c1OCC. The fourth-order valence-electron chi connectivity index (χ4n) is 3.67. The van der Waals surface area contributed by atoms with Gasteiger partial charge in [-0.1, -0.05) is 41.9 Å². The highest BCUT2D eigenvalue weighted by Crippen LogP contribution is 2.36. The first-order valence-corrected chi connectivity index (χ1v) is 10.6. The number of ether oxygens (including phenoxy) is 2. The maximum atomic E-state index is 6.43. The van der Waals surface area contributed by atoms with E-state index < -0.39 is 0 Å². The molecule has 3 rings (SSSR count). The number of piperidine rings is 1. The molecule has 0 aromatic heterocycles. The van der Waals surface area contributed by atoms with Crippen LogP contribution in [0.4, 0.5) is 0 Å². The van der Waals surface area contributed by atoms with Crippen LogP contribution in [-0.4, -0.2) is 37.2 Å². The van der Waals surface area contributed by atoms with Crippen molar-refractivity contribution in [2.75, 3.05) is 26.3 Å². The van der Waals surface area contributed by atoms with Gasteiger partial charge < -0.3 is 14.8 Å². The first-order chi connectivity index (χ1) is 13.7. The minimum Gasteiger partial charge on any atom is -0.490 e. The molecule has 1 aliphatic heterocycles. The summed E-state index contributed by atoms with van der Waals surface area (Å²) >= 11 is 6.43. The summed E-state index contributed by atoms with van der Waals surface area (Å²) in [6.45, 7) is 9.16. The lowest BCUT2D eigenvalue weighted by Gasteiger charge is -2.32. The van der Waals surface area contributed by atoms with Crippen LogP contribution in [0, 0.1) is 0 Å². The Balaban J connectivity index is 1.51. The molecular weight excluding hydrogens is 372 g/mol. The highest BCUT2D eigenvalue weighted by atomic mass is 35.5. The van der Waals surface area contributed by atoms with E-state index in [4.69, 9.17) is 21.1 Å². The molecule has 4 nitrogen and oxygen atoms in total. The predicted molar refractivity (Wildman–Crippen MR) is 115 cm³/mol. The molecule has 0 spiro atoms. The molecule has 1 heterocycles. The van der Waals surface area contributed by atoms with E-state index in [2.05, 4.69) is 40.5 Å². The topological polar surface area (TPSA) is 33.7 Å². The molecule has 1 fully saturated rings. The molecule has 0 bridgehead atoms. The van der Waals surface area contributed by atoms with Crippen LogP contribution in [0.5, 0.6) is 11.5 Å². The van der Waals surface area contributed by atoms with Gasteiger partial charge in [0.25, 0.3) is 0 Å². The smallest absolute Gasteiger partial charge is 0.179 e.